The number of carbonyl (C=O) groups excluding carboxylic acids is 2. The molecule has 2 aromatic rings. The van der Waals surface area contributed by atoms with Crippen molar-refractivity contribution in [3.63, 3.8) is 0 Å². The van der Waals surface area contributed by atoms with E-state index in [0.29, 0.717) is 17.7 Å². The standard InChI is InChI=1S/C21H16Cl6N2O4S/c22-13-2-1-10(7-12(13)19(30)29-11-3-4-34(32,33)8-11)28-20(31)17-16(21(17,26)27)9-5-14(23)18(25)15(24)6-9/h1-2,5-7,11,16-17H,3-4,8H2,(H,28,31)(H,29,30). The Morgan fingerprint density at radius 2 is 1.62 bits per heavy atom. The Hall–Kier alpha value is -0.930. The number of hydrogen-bond acceptors (Lipinski definition) is 4. The zero-order chi connectivity index (χ0) is 25.0. The Morgan fingerprint density at radius 1 is 0.971 bits per heavy atom. The van der Waals surface area contributed by atoms with Crippen molar-refractivity contribution in [1.82, 2.24) is 5.32 Å². The van der Waals surface area contributed by atoms with E-state index < -0.39 is 43.9 Å². The number of rotatable bonds is 5. The van der Waals surface area contributed by atoms with Crippen molar-refractivity contribution in [1.29, 1.82) is 0 Å². The van der Waals surface area contributed by atoms with Gasteiger partial charge < -0.3 is 10.6 Å². The van der Waals surface area contributed by atoms with E-state index in [0.717, 1.165) is 0 Å². The lowest BCUT2D eigenvalue weighted by atomic mass is 10.1. The van der Waals surface area contributed by atoms with Crippen molar-refractivity contribution in [2.45, 2.75) is 22.7 Å². The summed E-state index contributed by atoms with van der Waals surface area (Å²) in [6.07, 6.45) is 0.331. The van der Waals surface area contributed by atoms with Gasteiger partial charge in [-0.3, -0.25) is 9.59 Å². The number of benzene rings is 2. The third-order valence-electron chi connectivity index (χ3n) is 5.75. The molecule has 2 amide bonds. The van der Waals surface area contributed by atoms with Gasteiger partial charge in [0.25, 0.3) is 5.91 Å². The van der Waals surface area contributed by atoms with Gasteiger partial charge in [0, 0.05) is 17.6 Å². The molecule has 0 aromatic heterocycles. The van der Waals surface area contributed by atoms with Gasteiger partial charge >= 0.3 is 0 Å². The predicted octanol–water partition coefficient (Wildman–Crippen LogP) is 5.74. The Kier molecular flexibility index (Phi) is 7.31. The molecule has 34 heavy (non-hydrogen) atoms. The van der Waals surface area contributed by atoms with E-state index in [2.05, 4.69) is 10.6 Å². The molecule has 4 rings (SSSR count). The third-order valence-corrected chi connectivity index (χ3v) is 9.98. The van der Waals surface area contributed by atoms with Crippen LogP contribution in [-0.4, -0.2) is 42.1 Å². The van der Waals surface area contributed by atoms with Gasteiger partial charge in [0.15, 0.2) is 9.84 Å². The smallest absolute Gasteiger partial charge is 0.253 e. The summed E-state index contributed by atoms with van der Waals surface area (Å²) in [4.78, 5) is 25.6. The molecule has 2 N–H and O–H groups in total. The summed E-state index contributed by atoms with van der Waals surface area (Å²) in [5.74, 6) is -2.52. The van der Waals surface area contributed by atoms with E-state index in [9.17, 15) is 18.0 Å². The molecule has 1 aliphatic heterocycles. The Labute approximate surface area is 226 Å². The second-order valence-electron chi connectivity index (χ2n) is 8.19. The van der Waals surface area contributed by atoms with Crippen molar-refractivity contribution in [2.75, 3.05) is 16.8 Å². The molecule has 1 saturated heterocycles. The third kappa shape index (κ3) is 5.26. The highest BCUT2D eigenvalue weighted by atomic mass is 35.5. The molecule has 1 saturated carbocycles. The van der Waals surface area contributed by atoms with Gasteiger partial charge in [-0.2, -0.15) is 0 Å². The first-order valence-electron chi connectivity index (χ1n) is 9.94. The molecule has 13 heteroatoms. The summed E-state index contributed by atoms with van der Waals surface area (Å²) in [5, 5.41) is 6.12. The van der Waals surface area contributed by atoms with Gasteiger partial charge in [-0.15, -0.1) is 23.2 Å². The second kappa shape index (κ2) is 9.51. The van der Waals surface area contributed by atoms with E-state index >= 15 is 0 Å². The first-order valence-corrected chi connectivity index (χ1v) is 14.0. The number of amides is 2. The number of nitrogens with one attached hydrogen (secondary N) is 2. The second-order valence-corrected chi connectivity index (χ2v) is 13.5. The summed E-state index contributed by atoms with van der Waals surface area (Å²) in [7, 11) is -3.16. The highest BCUT2D eigenvalue weighted by molar-refractivity contribution is 7.91. The van der Waals surface area contributed by atoms with Crippen molar-refractivity contribution in [3.05, 3.63) is 61.5 Å². The summed E-state index contributed by atoms with van der Waals surface area (Å²) in [5.41, 5.74) is 0.947. The molecule has 1 heterocycles. The molecule has 2 aromatic carbocycles. The van der Waals surface area contributed by atoms with Crippen molar-refractivity contribution in [2.24, 2.45) is 5.92 Å². The number of hydrogen-bond donors (Lipinski definition) is 2. The first kappa shape index (κ1) is 26.1. The fourth-order valence-corrected chi connectivity index (χ4v) is 7.31. The van der Waals surface area contributed by atoms with Crippen LogP contribution >= 0.6 is 69.6 Å². The van der Waals surface area contributed by atoms with Crippen LogP contribution in [0.25, 0.3) is 0 Å². The molecule has 182 valence electrons. The number of sulfone groups is 1. The minimum Gasteiger partial charge on any atom is -0.348 e. The van der Waals surface area contributed by atoms with Crippen LogP contribution in [0.15, 0.2) is 30.3 Å². The average Bonchev–Trinajstić information content (AvgIpc) is 3.16. The fourth-order valence-electron chi connectivity index (χ4n) is 3.99. The maximum Gasteiger partial charge on any atom is 0.253 e. The van der Waals surface area contributed by atoms with Gasteiger partial charge in [-0.1, -0.05) is 46.4 Å². The SMILES string of the molecule is O=C(NC1CCS(=O)(=O)C1)c1cc(NC(=O)C2C(c3cc(Cl)c(Cl)c(Cl)c3)C2(Cl)Cl)ccc1Cl. The minimum atomic E-state index is -3.16. The normalized spacial score (nSPS) is 24.5. The quantitative estimate of drug-likeness (QED) is 0.336. The molecule has 0 radical (unpaired) electrons. The maximum atomic E-state index is 13.0. The van der Waals surface area contributed by atoms with E-state index in [4.69, 9.17) is 69.6 Å². The maximum absolute atomic E-state index is 13.0. The topological polar surface area (TPSA) is 92.3 Å². The lowest BCUT2D eigenvalue weighted by molar-refractivity contribution is -0.117. The summed E-state index contributed by atoms with van der Waals surface area (Å²) in [6, 6.07) is 6.99. The Balaban J connectivity index is 1.49. The average molecular weight is 605 g/mol. The highest BCUT2D eigenvalue weighted by Crippen LogP contribution is 2.65. The number of alkyl halides is 2. The molecular formula is C21H16Cl6N2O4S. The van der Waals surface area contributed by atoms with Crippen LogP contribution in [0.3, 0.4) is 0 Å². The van der Waals surface area contributed by atoms with Crippen LogP contribution in [0.1, 0.15) is 28.3 Å². The number of halogens is 6. The first-order chi connectivity index (χ1) is 15.8. The monoisotopic (exact) mass is 602 g/mol. The fraction of sp³-hybridized carbons (Fsp3) is 0.333. The molecule has 1 aliphatic carbocycles. The number of carbonyl (C=O) groups is 2. The van der Waals surface area contributed by atoms with E-state index in [1.807, 2.05) is 0 Å². The summed E-state index contributed by atoms with van der Waals surface area (Å²) in [6.45, 7) is 0. The minimum absolute atomic E-state index is 0.0208. The van der Waals surface area contributed by atoms with Gasteiger partial charge in [0.2, 0.25) is 5.91 Å². The summed E-state index contributed by atoms with van der Waals surface area (Å²) >= 11 is 37.1. The van der Waals surface area contributed by atoms with Crippen LogP contribution in [0.2, 0.25) is 20.1 Å². The van der Waals surface area contributed by atoms with Crippen molar-refractivity contribution < 1.29 is 18.0 Å². The van der Waals surface area contributed by atoms with Crippen LogP contribution < -0.4 is 10.6 Å². The number of anilines is 1. The molecular weight excluding hydrogens is 589 g/mol. The zero-order valence-corrected chi connectivity index (χ0v) is 22.4. The summed E-state index contributed by atoms with van der Waals surface area (Å²) < 4.78 is 21.9. The molecule has 6 nitrogen and oxygen atoms in total. The van der Waals surface area contributed by atoms with Gasteiger partial charge in [-0.25, -0.2) is 8.42 Å². The zero-order valence-electron chi connectivity index (χ0n) is 17.0. The van der Waals surface area contributed by atoms with Gasteiger partial charge in [-0.05, 0) is 42.3 Å². The van der Waals surface area contributed by atoms with E-state index in [-0.39, 0.29) is 37.2 Å². The molecule has 0 spiro atoms. The van der Waals surface area contributed by atoms with E-state index in [1.54, 1.807) is 12.1 Å². The Morgan fingerprint density at radius 3 is 2.21 bits per heavy atom. The van der Waals surface area contributed by atoms with Crippen LogP contribution in [-0.2, 0) is 14.6 Å². The van der Waals surface area contributed by atoms with Crippen LogP contribution in [0, 0.1) is 5.92 Å². The lowest BCUT2D eigenvalue weighted by Crippen LogP contribution is -2.35. The molecule has 3 unspecified atom stereocenters. The van der Waals surface area contributed by atoms with Crippen molar-refractivity contribution in [3.8, 4) is 0 Å². The van der Waals surface area contributed by atoms with E-state index in [1.165, 1.54) is 18.2 Å². The largest absolute Gasteiger partial charge is 0.348 e. The Bertz CT molecular complexity index is 1280. The highest BCUT2D eigenvalue weighted by Gasteiger charge is 2.67. The molecule has 2 aliphatic rings. The molecule has 2 fully saturated rings. The van der Waals surface area contributed by atoms with Gasteiger partial charge in [0.1, 0.15) is 4.33 Å². The predicted molar refractivity (Wildman–Crippen MR) is 137 cm³/mol. The van der Waals surface area contributed by atoms with Crippen LogP contribution in [0.5, 0.6) is 0 Å². The van der Waals surface area contributed by atoms with Crippen LogP contribution in [0.4, 0.5) is 5.69 Å². The lowest BCUT2D eigenvalue weighted by Gasteiger charge is -2.13. The molecule has 0 bridgehead atoms. The van der Waals surface area contributed by atoms with Gasteiger partial charge in [0.05, 0.1) is 43.1 Å². The molecule has 3 atom stereocenters. The van der Waals surface area contributed by atoms with Crippen molar-refractivity contribution >= 4 is 96.9 Å².